The molecule has 2 heterocycles. The minimum atomic E-state index is 0.487. The van der Waals surface area contributed by atoms with Crippen LogP contribution in [0.15, 0.2) is 12.1 Å². The molecule has 0 radical (unpaired) electrons. The number of ether oxygens (including phenoxy) is 1. The van der Waals surface area contributed by atoms with Gasteiger partial charge in [-0.3, -0.25) is 0 Å². The number of aryl methyl sites for hydroxylation is 1. The molecule has 6 heteroatoms. The summed E-state index contributed by atoms with van der Waals surface area (Å²) in [7, 11) is 1.66. The highest BCUT2D eigenvalue weighted by molar-refractivity contribution is 5.50. The average Bonchev–Trinajstić information content (AvgIpc) is 2.78. The van der Waals surface area contributed by atoms with Crippen molar-refractivity contribution in [2.45, 2.75) is 20.0 Å². The zero-order valence-electron chi connectivity index (χ0n) is 10.8. The van der Waals surface area contributed by atoms with E-state index < -0.39 is 0 Å². The Morgan fingerprint density at radius 2 is 2.22 bits per heavy atom. The fourth-order valence-corrected chi connectivity index (χ4v) is 1.80. The van der Waals surface area contributed by atoms with Crippen molar-refractivity contribution >= 4 is 11.5 Å². The first kappa shape index (κ1) is 12.8. The molecule has 2 aromatic heterocycles. The lowest BCUT2D eigenvalue weighted by atomic mass is 10.3. The lowest BCUT2D eigenvalue weighted by Crippen LogP contribution is -2.16. The zero-order chi connectivity index (χ0) is 13.0. The minimum Gasteiger partial charge on any atom is -0.378 e. The first-order valence-electron chi connectivity index (χ1n) is 6.10. The highest BCUT2D eigenvalue weighted by Crippen LogP contribution is 2.15. The first-order chi connectivity index (χ1) is 8.78. The van der Waals surface area contributed by atoms with E-state index in [1.54, 1.807) is 11.6 Å². The number of nitrogens with one attached hydrogen (secondary N) is 1. The van der Waals surface area contributed by atoms with Gasteiger partial charge in [-0.25, -0.2) is 4.98 Å². The van der Waals surface area contributed by atoms with Crippen molar-refractivity contribution in [2.24, 2.45) is 5.73 Å². The Morgan fingerprint density at radius 3 is 2.89 bits per heavy atom. The van der Waals surface area contributed by atoms with E-state index >= 15 is 0 Å². The number of fused-ring (bicyclic) bond motifs is 1. The van der Waals surface area contributed by atoms with Crippen LogP contribution in [-0.2, 0) is 17.8 Å². The van der Waals surface area contributed by atoms with E-state index in [0.29, 0.717) is 19.7 Å². The van der Waals surface area contributed by atoms with Gasteiger partial charge in [-0.15, -0.1) is 0 Å². The molecule has 0 amide bonds. The molecule has 98 valence electrons. The molecule has 0 aliphatic heterocycles. The van der Waals surface area contributed by atoms with E-state index in [4.69, 9.17) is 10.5 Å². The number of hydrogen-bond donors (Lipinski definition) is 2. The largest absolute Gasteiger partial charge is 0.378 e. The third-order valence-electron chi connectivity index (χ3n) is 2.64. The molecule has 0 saturated heterocycles. The second kappa shape index (κ2) is 5.79. The molecule has 0 atom stereocenters. The van der Waals surface area contributed by atoms with E-state index in [-0.39, 0.29) is 0 Å². The van der Waals surface area contributed by atoms with Crippen molar-refractivity contribution in [3.05, 3.63) is 23.5 Å². The SMILES string of the molecule is CCc1cc(NCCN)n2nc(COC)cc2n1. The predicted octanol–water partition coefficient (Wildman–Crippen LogP) is 0.809. The molecule has 18 heavy (non-hydrogen) atoms. The first-order valence-corrected chi connectivity index (χ1v) is 6.10. The molecule has 0 aromatic carbocycles. The quantitative estimate of drug-likeness (QED) is 0.792. The maximum Gasteiger partial charge on any atom is 0.157 e. The Morgan fingerprint density at radius 1 is 1.39 bits per heavy atom. The summed E-state index contributed by atoms with van der Waals surface area (Å²) in [6.07, 6.45) is 0.887. The summed E-state index contributed by atoms with van der Waals surface area (Å²) in [6.45, 7) is 3.86. The van der Waals surface area contributed by atoms with Crippen LogP contribution in [-0.4, -0.2) is 34.8 Å². The smallest absolute Gasteiger partial charge is 0.157 e. The summed E-state index contributed by atoms with van der Waals surface area (Å²) in [4.78, 5) is 4.54. The van der Waals surface area contributed by atoms with Gasteiger partial charge in [0.05, 0.1) is 12.3 Å². The van der Waals surface area contributed by atoms with Crippen LogP contribution in [0.1, 0.15) is 18.3 Å². The molecule has 0 unspecified atom stereocenters. The normalized spacial score (nSPS) is 11.1. The number of methoxy groups -OCH3 is 1. The molecule has 6 nitrogen and oxygen atoms in total. The van der Waals surface area contributed by atoms with Crippen LogP contribution < -0.4 is 11.1 Å². The molecule has 3 N–H and O–H groups in total. The molecule has 0 fully saturated rings. The number of nitrogens with two attached hydrogens (primary N) is 1. The van der Waals surface area contributed by atoms with Gasteiger partial charge in [0.2, 0.25) is 0 Å². The van der Waals surface area contributed by atoms with Crippen LogP contribution >= 0.6 is 0 Å². The van der Waals surface area contributed by atoms with Crippen LogP contribution in [0.25, 0.3) is 5.65 Å². The summed E-state index contributed by atoms with van der Waals surface area (Å²) in [5.74, 6) is 0.921. The fourth-order valence-electron chi connectivity index (χ4n) is 1.80. The van der Waals surface area contributed by atoms with Gasteiger partial charge in [-0.1, -0.05) is 6.92 Å². The molecule has 0 aliphatic carbocycles. The monoisotopic (exact) mass is 249 g/mol. The molecule has 2 rings (SSSR count). The summed E-state index contributed by atoms with van der Waals surface area (Å²) in [5, 5.41) is 7.72. The number of hydrogen-bond acceptors (Lipinski definition) is 5. The third kappa shape index (κ3) is 2.60. The molecule has 0 bridgehead atoms. The van der Waals surface area contributed by atoms with Gasteiger partial charge in [0.25, 0.3) is 0 Å². The minimum absolute atomic E-state index is 0.487. The van der Waals surface area contributed by atoms with Crippen molar-refractivity contribution in [3.8, 4) is 0 Å². The molecule has 2 aromatic rings. The summed E-state index contributed by atoms with van der Waals surface area (Å²) < 4.78 is 6.89. The lowest BCUT2D eigenvalue weighted by Gasteiger charge is -2.08. The van der Waals surface area contributed by atoms with E-state index in [9.17, 15) is 0 Å². The van der Waals surface area contributed by atoms with Gasteiger partial charge in [0, 0.05) is 38.0 Å². The van der Waals surface area contributed by atoms with Crippen LogP contribution in [0.5, 0.6) is 0 Å². The Bertz CT molecular complexity index is 522. The van der Waals surface area contributed by atoms with E-state index in [2.05, 4.69) is 22.3 Å². The van der Waals surface area contributed by atoms with E-state index in [1.807, 2.05) is 12.1 Å². The molecular weight excluding hydrogens is 230 g/mol. The standard InChI is InChI=1S/C12H19N5O/c1-3-9-6-11(14-5-4-13)17-12(15-9)7-10(16-17)8-18-2/h6-7,14H,3-5,8,13H2,1-2H3. The van der Waals surface area contributed by atoms with Gasteiger partial charge in [-0.05, 0) is 6.42 Å². The van der Waals surface area contributed by atoms with Crippen LogP contribution in [0, 0.1) is 0 Å². The van der Waals surface area contributed by atoms with E-state index in [1.165, 1.54) is 0 Å². The van der Waals surface area contributed by atoms with E-state index in [0.717, 1.165) is 29.3 Å². The van der Waals surface area contributed by atoms with Crippen molar-refractivity contribution in [3.63, 3.8) is 0 Å². The highest BCUT2D eigenvalue weighted by atomic mass is 16.5. The Labute approximate surface area is 106 Å². The van der Waals surface area contributed by atoms with Crippen LogP contribution in [0.2, 0.25) is 0 Å². The van der Waals surface area contributed by atoms with Crippen molar-refractivity contribution < 1.29 is 4.74 Å². The summed E-state index contributed by atoms with van der Waals surface area (Å²) >= 11 is 0. The molecule has 0 aliphatic rings. The molecule has 0 saturated carbocycles. The number of aromatic nitrogens is 3. The van der Waals surface area contributed by atoms with Gasteiger partial charge < -0.3 is 15.8 Å². The summed E-state index contributed by atoms with van der Waals surface area (Å²) in [5.41, 5.74) is 8.25. The average molecular weight is 249 g/mol. The van der Waals surface area contributed by atoms with Crippen LogP contribution in [0.4, 0.5) is 5.82 Å². The lowest BCUT2D eigenvalue weighted by molar-refractivity contribution is 0.181. The second-order valence-electron chi connectivity index (χ2n) is 4.04. The Kier molecular flexibility index (Phi) is 4.11. The maximum atomic E-state index is 5.52. The number of anilines is 1. The molecule has 0 spiro atoms. The fraction of sp³-hybridized carbons (Fsp3) is 0.500. The zero-order valence-corrected chi connectivity index (χ0v) is 10.8. The van der Waals surface area contributed by atoms with Gasteiger partial charge in [-0.2, -0.15) is 9.61 Å². The van der Waals surface area contributed by atoms with Crippen LogP contribution in [0.3, 0.4) is 0 Å². The predicted molar refractivity (Wildman–Crippen MR) is 70.6 cm³/mol. The third-order valence-corrected chi connectivity index (χ3v) is 2.64. The maximum absolute atomic E-state index is 5.52. The van der Waals surface area contributed by atoms with Crippen molar-refractivity contribution in [1.29, 1.82) is 0 Å². The topological polar surface area (TPSA) is 77.5 Å². The Balaban J connectivity index is 2.43. The van der Waals surface area contributed by atoms with Crippen molar-refractivity contribution in [2.75, 3.05) is 25.5 Å². The summed E-state index contributed by atoms with van der Waals surface area (Å²) in [6, 6.07) is 3.95. The van der Waals surface area contributed by atoms with Crippen molar-refractivity contribution in [1.82, 2.24) is 14.6 Å². The van der Waals surface area contributed by atoms with Gasteiger partial charge in [0.1, 0.15) is 5.82 Å². The highest BCUT2D eigenvalue weighted by Gasteiger charge is 2.08. The Hall–Kier alpha value is -1.66. The van der Waals surface area contributed by atoms with Gasteiger partial charge in [0.15, 0.2) is 5.65 Å². The number of nitrogens with zero attached hydrogens (tertiary/aromatic N) is 3. The second-order valence-corrected chi connectivity index (χ2v) is 4.04. The van der Waals surface area contributed by atoms with Gasteiger partial charge >= 0.3 is 0 Å². The number of rotatable bonds is 6. The molecular formula is C12H19N5O.